The molecular weight excluding hydrogens is 160 g/mol. The van der Waals surface area contributed by atoms with Gasteiger partial charge in [0.25, 0.3) is 0 Å². The number of aromatic hydroxyl groups is 1. The summed E-state index contributed by atoms with van der Waals surface area (Å²) in [6.45, 7) is 2.35. The second-order valence-corrected chi connectivity index (χ2v) is 2.38. The van der Waals surface area contributed by atoms with Crippen LogP contribution in [-0.4, -0.2) is 26.0 Å². The van der Waals surface area contributed by atoms with Gasteiger partial charge < -0.3 is 10.2 Å². The number of nitrogens with zero attached hydrogens (tertiary/aromatic N) is 2. The fourth-order valence-corrected chi connectivity index (χ4v) is 0.937. The van der Waals surface area contributed by atoms with Gasteiger partial charge >= 0.3 is 5.97 Å². The standard InChI is InChI=1S/C7H10N2O3/c1-2-9-7(12)5(4-8-9)3-6(10)11/h4,12H,2-3H2,1H3,(H,10,11). The predicted octanol–water partition coefficient (Wildman–Crippen LogP) is 0.236. The number of hydrogen-bond acceptors (Lipinski definition) is 3. The monoisotopic (exact) mass is 170 g/mol. The van der Waals surface area contributed by atoms with Crippen molar-refractivity contribution in [1.82, 2.24) is 9.78 Å². The van der Waals surface area contributed by atoms with Crippen LogP contribution < -0.4 is 0 Å². The number of aliphatic carboxylic acids is 1. The molecule has 0 aliphatic carbocycles. The summed E-state index contributed by atoms with van der Waals surface area (Å²) in [4.78, 5) is 10.3. The van der Waals surface area contributed by atoms with E-state index in [0.29, 0.717) is 12.1 Å². The van der Waals surface area contributed by atoms with E-state index in [0.717, 1.165) is 0 Å². The maximum atomic E-state index is 10.3. The van der Waals surface area contributed by atoms with Crippen LogP contribution in [0.15, 0.2) is 6.20 Å². The highest BCUT2D eigenvalue weighted by Crippen LogP contribution is 2.16. The molecule has 5 nitrogen and oxygen atoms in total. The average molecular weight is 170 g/mol. The Morgan fingerprint density at radius 1 is 1.75 bits per heavy atom. The van der Waals surface area contributed by atoms with Crippen molar-refractivity contribution < 1.29 is 15.0 Å². The van der Waals surface area contributed by atoms with Gasteiger partial charge in [-0.25, -0.2) is 4.68 Å². The van der Waals surface area contributed by atoms with Crippen molar-refractivity contribution in [2.24, 2.45) is 0 Å². The first-order chi connectivity index (χ1) is 5.65. The fraction of sp³-hybridized carbons (Fsp3) is 0.429. The van der Waals surface area contributed by atoms with E-state index in [1.165, 1.54) is 10.9 Å². The molecule has 0 aromatic carbocycles. The van der Waals surface area contributed by atoms with Crippen LogP contribution in [-0.2, 0) is 17.8 Å². The molecule has 1 aromatic heterocycles. The van der Waals surface area contributed by atoms with Gasteiger partial charge in [0.15, 0.2) is 0 Å². The molecule has 2 N–H and O–H groups in total. The van der Waals surface area contributed by atoms with Gasteiger partial charge in [-0.1, -0.05) is 0 Å². The van der Waals surface area contributed by atoms with Crippen LogP contribution in [0.1, 0.15) is 12.5 Å². The quantitative estimate of drug-likeness (QED) is 0.681. The second kappa shape index (κ2) is 3.25. The van der Waals surface area contributed by atoms with Gasteiger partial charge in [-0.15, -0.1) is 0 Å². The Morgan fingerprint density at radius 3 is 2.83 bits per heavy atom. The first-order valence-corrected chi connectivity index (χ1v) is 3.60. The van der Waals surface area contributed by atoms with Gasteiger partial charge in [-0.2, -0.15) is 5.10 Å². The molecule has 0 spiro atoms. The van der Waals surface area contributed by atoms with Crippen LogP contribution in [0.4, 0.5) is 0 Å². The Kier molecular flexibility index (Phi) is 2.32. The summed E-state index contributed by atoms with van der Waals surface area (Å²) in [5.74, 6) is -1.03. The molecule has 1 aromatic rings. The van der Waals surface area contributed by atoms with Gasteiger partial charge in [-0.3, -0.25) is 4.79 Å². The molecule has 0 aliphatic rings. The molecule has 0 bridgehead atoms. The second-order valence-electron chi connectivity index (χ2n) is 2.38. The van der Waals surface area contributed by atoms with Gasteiger partial charge in [0.1, 0.15) is 0 Å². The third-order valence-electron chi connectivity index (χ3n) is 1.53. The van der Waals surface area contributed by atoms with Crippen molar-refractivity contribution >= 4 is 5.97 Å². The van der Waals surface area contributed by atoms with Gasteiger partial charge in [0.05, 0.1) is 12.6 Å². The average Bonchev–Trinajstić information content (AvgIpc) is 2.32. The zero-order chi connectivity index (χ0) is 9.14. The highest BCUT2D eigenvalue weighted by molar-refractivity contribution is 5.70. The first-order valence-electron chi connectivity index (χ1n) is 3.60. The molecule has 0 amide bonds. The number of aromatic nitrogens is 2. The lowest BCUT2D eigenvalue weighted by atomic mass is 10.2. The molecule has 0 saturated carbocycles. The number of carboxylic acid groups (broad SMARTS) is 1. The fourth-order valence-electron chi connectivity index (χ4n) is 0.937. The minimum absolute atomic E-state index is 0.0556. The lowest BCUT2D eigenvalue weighted by molar-refractivity contribution is -0.136. The molecule has 5 heteroatoms. The van der Waals surface area contributed by atoms with Crippen molar-refractivity contribution in [1.29, 1.82) is 0 Å². The van der Waals surface area contributed by atoms with Crippen LogP contribution in [0, 0.1) is 0 Å². The highest BCUT2D eigenvalue weighted by atomic mass is 16.4. The van der Waals surface area contributed by atoms with Gasteiger partial charge in [-0.05, 0) is 6.92 Å². The van der Waals surface area contributed by atoms with Crippen LogP contribution >= 0.6 is 0 Å². The van der Waals surface area contributed by atoms with Crippen molar-refractivity contribution in [2.75, 3.05) is 0 Å². The Balaban J connectivity index is 2.87. The normalized spacial score (nSPS) is 10.1. The summed E-state index contributed by atoms with van der Waals surface area (Å²) in [5.41, 5.74) is 0.351. The van der Waals surface area contributed by atoms with E-state index in [4.69, 9.17) is 5.11 Å². The van der Waals surface area contributed by atoms with Crippen LogP contribution in [0.2, 0.25) is 0 Å². The number of rotatable bonds is 3. The smallest absolute Gasteiger partial charge is 0.308 e. The Morgan fingerprint density at radius 2 is 2.42 bits per heavy atom. The lowest BCUT2D eigenvalue weighted by Gasteiger charge is -1.97. The zero-order valence-electron chi connectivity index (χ0n) is 6.69. The lowest BCUT2D eigenvalue weighted by Crippen LogP contribution is -2.00. The number of carboxylic acids is 1. The summed E-state index contributed by atoms with van der Waals surface area (Å²) in [5, 5.41) is 21.5. The van der Waals surface area contributed by atoms with Crippen LogP contribution in [0.25, 0.3) is 0 Å². The van der Waals surface area contributed by atoms with E-state index in [-0.39, 0.29) is 12.3 Å². The van der Waals surface area contributed by atoms with Crippen LogP contribution in [0.5, 0.6) is 5.88 Å². The van der Waals surface area contributed by atoms with E-state index in [9.17, 15) is 9.90 Å². The first kappa shape index (κ1) is 8.58. The topological polar surface area (TPSA) is 75.4 Å². The van der Waals surface area contributed by atoms with Gasteiger partial charge in [0.2, 0.25) is 5.88 Å². The third-order valence-corrected chi connectivity index (χ3v) is 1.53. The summed E-state index contributed by atoms with van der Waals surface area (Å²) in [6, 6.07) is 0. The number of hydrogen-bond donors (Lipinski definition) is 2. The Labute approximate surface area is 69.2 Å². The number of carbonyl (C=O) groups is 1. The SMILES string of the molecule is CCn1ncc(CC(=O)O)c1O. The minimum Gasteiger partial charge on any atom is -0.493 e. The van der Waals surface area contributed by atoms with E-state index < -0.39 is 5.97 Å². The van der Waals surface area contributed by atoms with Gasteiger partial charge in [0, 0.05) is 12.1 Å². The van der Waals surface area contributed by atoms with Crippen LogP contribution in [0.3, 0.4) is 0 Å². The largest absolute Gasteiger partial charge is 0.493 e. The maximum Gasteiger partial charge on any atom is 0.308 e. The maximum absolute atomic E-state index is 10.3. The third kappa shape index (κ3) is 1.55. The zero-order valence-corrected chi connectivity index (χ0v) is 6.69. The summed E-state index contributed by atoms with van der Waals surface area (Å²) in [6.07, 6.45) is 1.18. The van der Waals surface area contributed by atoms with Crippen molar-refractivity contribution in [3.05, 3.63) is 11.8 Å². The highest BCUT2D eigenvalue weighted by Gasteiger charge is 2.10. The van der Waals surface area contributed by atoms with Crippen molar-refractivity contribution in [3.8, 4) is 5.88 Å². The molecule has 0 unspecified atom stereocenters. The molecule has 0 fully saturated rings. The molecular formula is C7H10N2O3. The van der Waals surface area contributed by atoms with Crippen molar-refractivity contribution in [3.63, 3.8) is 0 Å². The summed E-state index contributed by atoms with van der Waals surface area (Å²) < 4.78 is 1.35. The van der Waals surface area contributed by atoms with E-state index in [1.807, 2.05) is 6.92 Å². The molecule has 1 rings (SSSR count). The van der Waals surface area contributed by atoms with E-state index in [1.54, 1.807) is 0 Å². The number of aryl methyl sites for hydroxylation is 1. The Hall–Kier alpha value is -1.52. The molecule has 0 radical (unpaired) electrons. The predicted molar refractivity (Wildman–Crippen MR) is 40.9 cm³/mol. The Bertz CT molecular complexity index is 293. The molecule has 66 valence electrons. The molecule has 0 atom stereocenters. The minimum atomic E-state index is -0.971. The molecule has 0 saturated heterocycles. The molecule has 12 heavy (non-hydrogen) atoms. The van der Waals surface area contributed by atoms with E-state index in [2.05, 4.69) is 5.10 Å². The molecule has 1 heterocycles. The summed E-state index contributed by atoms with van der Waals surface area (Å²) >= 11 is 0. The van der Waals surface area contributed by atoms with Crippen molar-refractivity contribution in [2.45, 2.75) is 19.9 Å². The summed E-state index contributed by atoms with van der Waals surface area (Å²) in [7, 11) is 0. The molecule has 0 aliphatic heterocycles. The van der Waals surface area contributed by atoms with E-state index >= 15 is 0 Å².